The number of phenolic OH excluding ortho intramolecular Hbond substituents is 2. The summed E-state index contributed by atoms with van der Waals surface area (Å²) >= 11 is 0. The third-order valence-corrected chi connectivity index (χ3v) is 4.15. The maximum absolute atomic E-state index is 10.2. The van der Waals surface area contributed by atoms with Gasteiger partial charge in [-0.1, -0.05) is 30.3 Å². The molecule has 0 radical (unpaired) electrons. The number of phenols is 2. The summed E-state index contributed by atoms with van der Waals surface area (Å²) in [5, 5.41) is 26.9. The molecule has 0 fully saturated rings. The van der Waals surface area contributed by atoms with Crippen LogP contribution in [0, 0.1) is 0 Å². The van der Waals surface area contributed by atoms with Crippen molar-refractivity contribution in [2.75, 3.05) is 11.1 Å². The highest BCUT2D eigenvalue weighted by molar-refractivity contribution is 5.96. The lowest BCUT2D eigenvalue weighted by Crippen LogP contribution is -1.91. The van der Waals surface area contributed by atoms with Crippen molar-refractivity contribution in [2.45, 2.75) is 0 Å². The largest absolute Gasteiger partial charge is 0.507 e. The van der Waals surface area contributed by atoms with Gasteiger partial charge >= 0.3 is 0 Å². The quantitative estimate of drug-likeness (QED) is 0.318. The number of benzene rings is 4. The zero-order valence-corrected chi connectivity index (χ0v) is 12.8. The van der Waals surface area contributed by atoms with Gasteiger partial charge in [0.2, 0.25) is 0 Å². The lowest BCUT2D eigenvalue weighted by atomic mass is 10.1. The molecular weight excluding hydrogens is 300 g/mol. The summed E-state index contributed by atoms with van der Waals surface area (Å²) in [6, 6.07) is 20.5. The van der Waals surface area contributed by atoms with Crippen molar-refractivity contribution in [3.05, 3.63) is 66.7 Å². The minimum absolute atomic E-state index is 0.0994. The van der Waals surface area contributed by atoms with E-state index in [2.05, 4.69) is 5.32 Å². The molecule has 0 aromatic heterocycles. The molecule has 5 N–H and O–H groups in total. The molecule has 0 aliphatic rings. The predicted molar refractivity (Wildman–Crippen MR) is 98.9 cm³/mol. The second kappa shape index (κ2) is 5.35. The van der Waals surface area contributed by atoms with Crippen LogP contribution in [0.1, 0.15) is 0 Å². The third kappa shape index (κ3) is 2.34. The van der Waals surface area contributed by atoms with Gasteiger partial charge < -0.3 is 21.3 Å². The Morgan fingerprint density at radius 1 is 0.708 bits per heavy atom. The van der Waals surface area contributed by atoms with E-state index in [0.717, 1.165) is 27.5 Å². The molecule has 4 heteroatoms. The van der Waals surface area contributed by atoms with Gasteiger partial charge in [0.05, 0.1) is 5.69 Å². The van der Waals surface area contributed by atoms with Gasteiger partial charge in [-0.05, 0) is 41.1 Å². The van der Waals surface area contributed by atoms with Crippen LogP contribution in [0.2, 0.25) is 0 Å². The van der Waals surface area contributed by atoms with Gasteiger partial charge in [-0.25, -0.2) is 0 Å². The summed E-state index contributed by atoms with van der Waals surface area (Å²) in [5.41, 5.74) is 7.75. The zero-order chi connectivity index (χ0) is 16.7. The Balaban J connectivity index is 1.75. The van der Waals surface area contributed by atoms with Crippen molar-refractivity contribution in [3.8, 4) is 11.5 Å². The van der Waals surface area contributed by atoms with E-state index < -0.39 is 0 Å². The molecule has 118 valence electrons. The van der Waals surface area contributed by atoms with E-state index in [1.807, 2.05) is 54.6 Å². The molecule has 0 bridgehead atoms. The summed E-state index contributed by atoms with van der Waals surface area (Å²) < 4.78 is 0. The number of hydrogen-bond donors (Lipinski definition) is 4. The van der Waals surface area contributed by atoms with E-state index in [1.165, 1.54) is 0 Å². The normalized spacial score (nSPS) is 11.0. The van der Waals surface area contributed by atoms with Crippen LogP contribution in [0.25, 0.3) is 21.5 Å². The third-order valence-electron chi connectivity index (χ3n) is 4.15. The number of hydrogen-bond acceptors (Lipinski definition) is 4. The van der Waals surface area contributed by atoms with E-state index >= 15 is 0 Å². The lowest BCUT2D eigenvalue weighted by Gasteiger charge is -2.11. The van der Waals surface area contributed by atoms with E-state index in [9.17, 15) is 10.2 Å². The molecule has 0 saturated carbocycles. The first-order valence-electron chi connectivity index (χ1n) is 7.62. The summed E-state index contributed by atoms with van der Waals surface area (Å²) in [7, 11) is 0. The molecule has 4 nitrogen and oxygen atoms in total. The summed E-state index contributed by atoms with van der Waals surface area (Å²) in [5.74, 6) is 0.337. The number of nitrogen functional groups attached to an aromatic ring is 1. The highest BCUT2D eigenvalue weighted by Crippen LogP contribution is 2.34. The average molecular weight is 316 g/mol. The summed E-state index contributed by atoms with van der Waals surface area (Å²) in [4.78, 5) is 0. The second-order valence-electron chi connectivity index (χ2n) is 5.78. The van der Waals surface area contributed by atoms with Crippen LogP contribution in [0.5, 0.6) is 11.5 Å². The number of nitrogens with one attached hydrogen (secondary N) is 1. The summed E-state index contributed by atoms with van der Waals surface area (Å²) in [6.45, 7) is 0. The van der Waals surface area contributed by atoms with Crippen molar-refractivity contribution in [1.29, 1.82) is 0 Å². The fourth-order valence-electron chi connectivity index (χ4n) is 2.94. The highest BCUT2D eigenvalue weighted by atomic mass is 16.3. The fraction of sp³-hybridized carbons (Fsp3) is 0. The maximum atomic E-state index is 10.2. The molecule has 0 amide bonds. The number of aromatic hydroxyl groups is 2. The molecule has 0 aliphatic heterocycles. The highest BCUT2D eigenvalue weighted by Gasteiger charge is 2.06. The number of rotatable bonds is 2. The Morgan fingerprint density at radius 2 is 1.46 bits per heavy atom. The van der Waals surface area contributed by atoms with E-state index in [4.69, 9.17) is 5.73 Å². The molecule has 24 heavy (non-hydrogen) atoms. The molecule has 0 unspecified atom stereocenters. The maximum Gasteiger partial charge on any atom is 0.146 e. The van der Waals surface area contributed by atoms with Gasteiger partial charge in [0.15, 0.2) is 0 Å². The first-order valence-corrected chi connectivity index (χ1v) is 7.62. The lowest BCUT2D eigenvalue weighted by molar-refractivity contribution is 0.482. The molecule has 0 heterocycles. The predicted octanol–water partition coefficient (Wildman–Crippen LogP) is 4.73. The van der Waals surface area contributed by atoms with Crippen molar-refractivity contribution in [1.82, 2.24) is 0 Å². The van der Waals surface area contributed by atoms with Crippen LogP contribution >= 0.6 is 0 Å². The van der Waals surface area contributed by atoms with Crippen molar-refractivity contribution in [3.63, 3.8) is 0 Å². The van der Waals surface area contributed by atoms with Gasteiger partial charge in [-0.3, -0.25) is 0 Å². The second-order valence-corrected chi connectivity index (χ2v) is 5.78. The van der Waals surface area contributed by atoms with E-state index in [-0.39, 0.29) is 11.5 Å². The smallest absolute Gasteiger partial charge is 0.146 e. The average Bonchev–Trinajstić information content (AvgIpc) is 2.58. The monoisotopic (exact) mass is 316 g/mol. The SMILES string of the molecule is Nc1ccc2cc(Nc3cc(O)c4ccccc4c3)ccc2c1O. The van der Waals surface area contributed by atoms with Crippen LogP contribution in [0.4, 0.5) is 17.1 Å². The number of fused-ring (bicyclic) bond motifs is 2. The van der Waals surface area contributed by atoms with Crippen molar-refractivity contribution < 1.29 is 10.2 Å². The Bertz CT molecular complexity index is 1070. The van der Waals surface area contributed by atoms with E-state index in [1.54, 1.807) is 12.1 Å². The Labute approximate surface area is 138 Å². The van der Waals surface area contributed by atoms with Crippen molar-refractivity contribution >= 4 is 38.6 Å². The molecule has 0 saturated heterocycles. The Morgan fingerprint density at radius 3 is 2.33 bits per heavy atom. The minimum Gasteiger partial charge on any atom is -0.507 e. The van der Waals surface area contributed by atoms with E-state index in [0.29, 0.717) is 11.1 Å². The minimum atomic E-state index is 0.0994. The first-order chi connectivity index (χ1) is 11.6. The van der Waals surface area contributed by atoms with Gasteiger partial charge in [-0.2, -0.15) is 0 Å². The molecule has 4 rings (SSSR count). The standard InChI is InChI=1S/C20H16N2O2/c21-18-8-5-13-9-14(6-7-17(13)20(18)24)22-15-10-12-3-1-2-4-16(12)19(23)11-15/h1-11,22-24H,21H2. The molecule has 0 aliphatic carbocycles. The molecule has 0 atom stereocenters. The number of nitrogens with two attached hydrogens (primary N) is 1. The van der Waals surface area contributed by atoms with Gasteiger partial charge in [0.1, 0.15) is 11.5 Å². The van der Waals surface area contributed by atoms with Crippen LogP contribution in [-0.2, 0) is 0 Å². The van der Waals surface area contributed by atoms with Crippen LogP contribution in [-0.4, -0.2) is 10.2 Å². The fourth-order valence-corrected chi connectivity index (χ4v) is 2.94. The van der Waals surface area contributed by atoms with Gasteiger partial charge in [0, 0.05) is 28.2 Å². The number of anilines is 3. The van der Waals surface area contributed by atoms with Crippen molar-refractivity contribution in [2.24, 2.45) is 0 Å². The molecule has 4 aromatic carbocycles. The molecule has 0 spiro atoms. The topological polar surface area (TPSA) is 78.5 Å². The van der Waals surface area contributed by atoms with Crippen LogP contribution in [0.3, 0.4) is 0 Å². The Kier molecular flexibility index (Phi) is 3.17. The molecular formula is C20H16N2O2. The van der Waals surface area contributed by atoms with Crippen LogP contribution in [0.15, 0.2) is 66.7 Å². The molecule has 4 aromatic rings. The van der Waals surface area contributed by atoms with Gasteiger partial charge in [-0.15, -0.1) is 0 Å². The van der Waals surface area contributed by atoms with Crippen LogP contribution < -0.4 is 11.1 Å². The Hall–Kier alpha value is -3.40. The summed E-state index contributed by atoms with van der Waals surface area (Å²) in [6.07, 6.45) is 0. The zero-order valence-electron chi connectivity index (χ0n) is 12.8. The van der Waals surface area contributed by atoms with Gasteiger partial charge in [0.25, 0.3) is 0 Å². The first kappa shape index (κ1) is 14.2.